The predicted molar refractivity (Wildman–Crippen MR) is 137 cm³/mol. The van der Waals surface area contributed by atoms with Crippen molar-refractivity contribution in [2.45, 2.75) is 72.0 Å². The fourth-order valence-electron chi connectivity index (χ4n) is 4.97. The van der Waals surface area contributed by atoms with E-state index in [2.05, 4.69) is 18.9 Å². The number of aromatic nitrogens is 4. The van der Waals surface area contributed by atoms with Crippen LogP contribution in [0.15, 0.2) is 48.8 Å². The summed E-state index contributed by atoms with van der Waals surface area (Å²) in [5, 5.41) is 32.4. The van der Waals surface area contributed by atoms with Gasteiger partial charge in [-0.15, -0.1) is 0 Å². The molecule has 0 aliphatic heterocycles. The maximum atomic E-state index is 13.9. The molecule has 2 atom stereocenters. The van der Waals surface area contributed by atoms with Gasteiger partial charge in [-0.2, -0.15) is 10.2 Å². The molecule has 4 aromatic rings. The lowest BCUT2D eigenvalue weighted by atomic mass is 9.74. The molecular weight excluding hydrogens is 440 g/mol. The molecule has 4 aromatic heterocycles. The van der Waals surface area contributed by atoms with E-state index in [9.17, 15) is 15.0 Å². The van der Waals surface area contributed by atoms with E-state index >= 15 is 0 Å². The SMILES string of the molecule is CC(CC(O)(c1c(C(C)C)nn2ccccc12)C(C)C)C(=O)c1c(C(C)(C)O)nn2ccccc12. The van der Waals surface area contributed by atoms with Crippen LogP contribution < -0.4 is 0 Å². The highest BCUT2D eigenvalue weighted by Gasteiger charge is 2.42. The van der Waals surface area contributed by atoms with Gasteiger partial charge in [0.1, 0.15) is 11.3 Å². The molecule has 0 spiro atoms. The number of ketones is 1. The molecule has 0 aliphatic carbocycles. The number of carbonyl (C=O) groups excluding carboxylic acids is 1. The number of hydrogen-bond acceptors (Lipinski definition) is 5. The van der Waals surface area contributed by atoms with Crippen LogP contribution in [0, 0.1) is 11.8 Å². The fraction of sp³-hybridized carbons (Fsp3) is 0.464. The van der Waals surface area contributed by atoms with E-state index < -0.39 is 17.1 Å². The highest BCUT2D eigenvalue weighted by molar-refractivity contribution is 6.05. The molecule has 2 N–H and O–H groups in total. The van der Waals surface area contributed by atoms with Crippen molar-refractivity contribution in [2.24, 2.45) is 11.8 Å². The van der Waals surface area contributed by atoms with Gasteiger partial charge in [0, 0.05) is 23.9 Å². The van der Waals surface area contributed by atoms with Gasteiger partial charge in [0.15, 0.2) is 5.78 Å². The van der Waals surface area contributed by atoms with Crippen molar-refractivity contribution in [3.8, 4) is 0 Å². The summed E-state index contributed by atoms with van der Waals surface area (Å²) in [5.41, 5.74) is 1.28. The number of pyridine rings is 2. The van der Waals surface area contributed by atoms with Gasteiger partial charge < -0.3 is 10.2 Å². The van der Waals surface area contributed by atoms with Gasteiger partial charge in [-0.25, -0.2) is 9.03 Å². The minimum absolute atomic E-state index is 0.0996. The van der Waals surface area contributed by atoms with Crippen molar-refractivity contribution in [1.82, 2.24) is 19.2 Å². The molecule has 0 fully saturated rings. The monoisotopic (exact) mass is 476 g/mol. The molecule has 0 aliphatic rings. The van der Waals surface area contributed by atoms with Gasteiger partial charge in [0.2, 0.25) is 0 Å². The van der Waals surface area contributed by atoms with Crippen LogP contribution in [0.4, 0.5) is 0 Å². The average Bonchev–Trinajstić information content (AvgIpc) is 3.38. The van der Waals surface area contributed by atoms with Gasteiger partial charge in [-0.3, -0.25) is 4.79 Å². The second-order valence-corrected chi connectivity index (χ2v) is 10.8. The molecule has 0 amide bonds. The summed E-state index contributed by atoms with van der Waals surface area (Å²) in [6.45, 7) is 13.2. The lowest BCUT2D eigenvalue weighted by molar-refractivity contribution is -0.0281. The third-order valence-corrected chi connectivity index (χ3v) is 6.93. The van der Waals surface area contributed by atoms with E-state index in [1.165, 1.54) is 0 Å². The summed E-state index contributed by atoms with van der Waals surface area (Å²) in [7, 11) is 0. The van der Waals surface area contributed by atoms with E-state index in [1.807, 2.05) is 67.9 Å². The van der Waals surface area contributed by atoms with Crippen LogP contribution in [-0.4, -0.2) is 35.2 Å². The zero-order valence-electron chi connectivity index (χ0n) is 21.6. The lowest BCUT2D eigenvalue weighted by Crippen LogP contribution is -2.37. The van der Waals surface area contributed by atoms with Crippen molar-refractivity contribution in [2.75, 3.05) is 0 Å². The smallest absolute Gasteiger partial charge is 0.169 e. The number of nitrogens with zero attached hydrogens (tertiary/aromatic N) is 4. The van der Waals surface area contributed by atoms with Crippen molar-refractivity contribution in [1.29, 1.82) is 0 Å². The minimum atomic E-state index is -1.29. The number of rotatable bonds is 8. The second kappa shape index (κ2) is 8.88. The largest absolute Gasteiger partial charge is 0.385 e. The summed E-state index contributed by atoms with van der Waals surface area (Å²) < 4.78 is 3.44. The number of hydrogen-bond donors (Lipinski definition) is 2. The van der Waals surface area contributed by atoms with E-state index in [1.54, 1.807) is 24.6 Å². The van der Waals surface area contributed by atoms with Crippen molar-refractivity contribution >= 4 is 16.8 Å². The predicted octanol–water partition coefficient (Wildman–Crippen LogP) is 5.09. The van der Waals surface area contributed by atoms with Gasteiger partial charge in [-0.1, -0.05) is 46.8 Å². The Kier molecular flexibility index (Phi) is 6.36. The van der Waals surface area contributed by atoms with Crippen molar-refractivity contribution < 1.29 is 15.0 Å². The molecule has 0 radical (unpaired) electrons. The quantitative estimate of drug-likeness (QED) is 0.346. The molecule has 0 aromatic carbocycles. The zero-order chi connectivity index (χ0) is 25.7. The van der Waals surface area contributed by atoms with Crippen LogP contribution in [0.1, 0.15) is 88.1 Å². The fourth-order valence-corrected chi connectivity index (χ4v) is 4.97. The molecule has 186 valence electrons. The average molecular weight is 477 g/mol. The maximum Gasteiger partial charge on any atom is 0.169 e. The molecular formula is C28H36N4O3. The molecule has 0 bridgehead atoms. The summed E-state index contributed by atoms with van der Waals surface area (Å²) in [5.74, 6) is -0.746. The normalized spacial score (nSPS) is 15.3. The standard InChI is InChI=1S/C28H36N4O3/c1-17(2)24-23(21-13-9-11-15-32(21)29-24)28(35,18(3)4)16-19(5)25(33)22-20-12-8-10-14-31(20)30-26(22)27(6,7)34/h8-15,17-19,34-35H,16H2,1-7H3. The van der Waals surface area contributed by atoms with Gasteiger partial charge >= 0.3 is 0 Å². The Morgan fingerprint density at radius 3 is 2.03 bits per heavy atom. The Hall–Kier alpha value is -3.03. The Morgan fingerprint density at radius 2 is 1.49 bits per heavy atom. The number of fused-ring (bicyclic) bond motifs is 2. The highest BCUT2D eigenvalue weighted by atomic mass is 16.3. The Morgan fingerprint density at radius 1 is 0.914 bits per heavy atom. The van der Waals surface area contributed by atoms with Crippen LogP contribution >= 0.6 is 0 Å². The van der Waals surface area contributed by atoms with Crippen LogP contribution in [0.5, 0.6) is 0 Å². The first-order valence-electron chi connectivity index (χ1n) is 12.3. The van der Waals surface area contributed by atoms with Gasteiger partial charge in [0.25, 0.3) is 0 Å². The third kappa shape index (κ3) is 4.28. The summed E-state index contributed by atoms with van der Waals surface area (Å²) in [6, 6.07) is 11.3. The lowest BCUT2D eigenvalue weighted by Gasteiger charge is -2.35. The van der Waals surface area contributed by atoms with Crippen LogP contribution in [-0.2, 0) is 11.2 Å². The van der Waals surface area contributed by atoms with Crippen molar-refractivity contribution in [3.63, 3.8) is 0 Å². The number of Topliss-reactive ketones (excluding diaryl/α,β-unsaturated/α-hetero) is 1. The van der Waals surface area contributed by atoms with E-state index in [0.717, 1.165) is 16.8 Å². The van der Waals surface area contributed by atoms with E-state index in [4.69, 9.17) is 5.10 Å². The van der Waals surface area contributed by atoms with Crippen LogP contribution in [0.2, 0.25) is 0 Å². The van der Waals surface area contributed by atoms with E-state index in [-0.39, 0.29) is 24.0 Å². The maximum absolute atomic E-state index is 13.9. The third-order valence-electron chi connectivity index (χ3n) is 6.93. The van der Waals surface area contributed by atoms with Crippen LogP contribution in [0.3, 0.4) is 0 Å². The molecule has 4 rings (SSSR count). The number of carbonyl (C=O) groups is 1. The van der Waals surface area contributed by atoms with Crippen LogP contribution in [0.25, 0.3) is 11.0 Å². The second-order valence-electron chi connectivity index (χ2n) is 10.8. The Balaban J connectivity index is 1.82. The van der Waals surface area contributed by atoms with Crippen molar-refractivity contribution in [3.05, 3.63) is 71.3 Å². The van der Waals surface area contributed by atoms with Gasteiger partial charge in [0.05, 0.1) is 27.9 Å². The molecule has 7 heteroatoms. The molecule has 0 saturated carbocycles. The topological polar surface area (TPSA) is 92.1 Å². The summed E-state index contributed by atoms with van der Waals surface area (Å²) in [4.78, 5) is 13.9. The van der Waals surface area contributed by atoms with Gasteiger partial charge in [-0.05, 0) is 56.4 Å². The first kappa shape index (κ1) is 25.1. The first-order chi connectivity index (χ1) is 16.4. The summed E-state index contributed by atoms with van der Waals surface area (Å²) in [6.07, 6.45) is 3.87. The first-order valence-corrected chi connectivity index (χ1v) is 12.3. The van der Waals surface area contributed by atoms with E-state index in [0.29, 0.717) is 16.8 Å². The molecule has 35 heavy (non-hydrogen) atoms. The zero-order valence-corrected chi connectivity index (χ0v) is 21.6. The Labute approximate surface area is 206 Å². The molecule has 2 unspecified atom stereocenters. The number of aliphatic hydroxyl groups is 2. The molecule has 4 heterocycles. The highest BCUT2D eigenvalue weighted by Crippen LogP contribution is 2.43. The minimum Gasteiger partial charge on any atom is -0.385 e. The summed E-state index contributed by atoms with van der Waals surface area (Å²) >= 11 is 0. The molecule has 0 saturated heterocycles. The molecule has 7 nitrogen and oxygen atoms in total. The Bertz CT molecular complexity index is 1380.